The van der Waals surface area contributed by atoms with E-state index < -0.39 is 58.7 Å². The van der Waals surface area contributed by atoms with E-state index in [0.29, 0.717) is 0 Å². The van der Waals surface area contributed by atoms with E-state index in [-0.39, 0.29) is 35.1 Å². The summed E-state index contributed by atoms with van der Waals surface area (Å²) in [5, 5.41) is 0. The Labute approximate surface area is 215 Å². The molecule has 8 heteroatoms. The number of fused-ring (bicyclic) bond motifs is 4. The second-order valence-corrected chi connectivity index (χ2v) is 10.1. The zero-order valence-electron chi connectivity index (χ0n) is 19.9. The van der Waals surface area contributed by atoms with Crippen LogP contribution in [0.15, 0.2) is 107 Å². The number of alkyl halides is 6. The molecule has 0 saturated heterocycles. The van der Waals surface area contributed by atoms with Gasteiger partial charge in [-0.05, 0) is 36.1 Å². The fourth-order valence-corrected chi connectivity index (χ4v) is 6.75. The molecule has 0 aliphatic heterocycles. The molecule has 0 spiro atoms. The molecule has 0 radical (unpaired) electrons. The number of halogens is 6. The Morgan fingerprint density at radius 1 is 0.605 bits per heavy atom. The van der Waals surface area contributed by atoms with Gasteiger partial charge in [0.2, 0.25) is 0 Å². The number of carbonyl (C=O) groups excluding carboxylic acids is 1. The van der Waals surface area contributed by atoms with Crippen LogP contribution in [0.2, 0.25) is 0 Å². The molecule has 2 aromatic rings. The van der Waals surface area contributed by atoms with Gasteiger partial charge in [-0.2, -0.15) is 26.3 Å². The Hall–Kier alpha value is -3.55. The number of allylic oxidation sites excluding steroid dienone is 6. The average molecular weight is 528 g/mol. The topological polar surface area (TPSA) is 26.3 Å². The largest absolute Gasteiger partial charge is 0.441 e. The second kappa shape index (κ2) is 8.48. The average Bonchev–Trinajstić information content (AvgIpc) is 3.68. The Morgan fingerprint density at radius 2 is 1.00 bits per heavy atom. The summed E-state index contributed by atoms with van der Waals surface area (Å²) in [6, 6.07) is 15.2. The van der Waals surface area contributed by atoms with Crippen LogP contribution in [0.1, 0.15) is 28.8 Å². The summed E-state index contributed by atoms with van der Waals surface area (Å²) in [7, 11) is 0. The van der Waals surface area contributed by atoms with Crippen molar-refractivity contribution in [2.24, 2.45) is 23.7 Å². The summed E-state index contributed by atoms with van der Waals surface area (Å²) in [5.41, 5.74) is -4.76. The molecule has 0 saturated carbocycles. The lowest BCUT2D eigenvalue weighted by Crippen LogP contribution is -2.43. The van der Waals surface area contributed by atoms with Crippen LogP contribution in [0, 0.1) is 23.7 Å². The maximum Gasteiger partial charge on any atom is 0.413 e. The van der Waals surface area contributed by atoms with Gasteiger partial charge in [0.25, 0.3) is 0 Å². The van der Waals surface area contributed by atoms with Crippen LogP contribution >= 0.6 is 0 Å². The normalized spacial score (nSPS) is 27.4. The summed E-state index contributed by atoms with van der Waals surface area (Å²) in [4.78, 5) is 13.6. The third-order valence-electron chi connectivity index (χ3n) is 8.04. The van der Waals surface area contributed by atoms with Gasteiger partial charge in [-0.25, -0.2) is 4.79 Å². The van der Waals surface area contributed by atoms with E-state index in [1.807, 2.05) is 0 Å². The molecule has 4 bridgehead atoms. The van der Waals surface area contributed by atoms with Crippen LogP contribution in [0.3, 0.4) is 0 Å². The fraction of sp³-hybridized carbons (Fsp3) is 0.300. The lowest BCUT2D eigenvalue weighted by atomic mass is 9.69. The number of ether oxygens (including phenoxy) is 1. The molecule has 4 unspecified atom stereocenters. The van der Waals surface area contributed by atoms with Gasteiger partial charge in [0, 0.05) is 40.4 Å². The molecule has 0 N–H and O–H groups in total. The van der Waals surface area contributed by atoms with Crippen LogP contribution in [0.5, 0.6) is 0 Å². The molecule has 4 aliphatic carbocycles. The van der Waals surface area contributed by atoms with Crippen molar-refractivity contribution in [3.8, 4) is 0 Å². The molecule has 2 aromatic carbocycles. The van der Waals surface area contributed by atoms with E-state index in [0.717, 1.165) is 0 Å². The quantitative estimate of drug-likeness (QED) is 0.224. The van der Waals surface area contributed by atoms with Gasteiger partial charge >= 0.3 is 18.3 Å². The van der Waals surface area contributed by atoms with Gasteiger partial charge in [-0.3, -0.25) is 0 Å². The maximum absolute atomic E-state index is 14.7. The van der Waals surface area contributed by atoms with Gasteiger partial charge in [0.05, 0.1) is 5.56 Å². The Bertz CT molecular complexity index is 1340. The van der Waals surface area contributed by atoms with Crippen molar-refractivity contribution in [2.45, 2.75) is 30.8 Å². The highest BCUT2D eigenvalue weighted by atomic mass is 19.4. The first-order valence-electron chi connectivity index (χ1n) is 12.4. The monoisotopic (exact) mass is 528 g/mol. The van der Waals surface area contributed by atoms with Gasteiger partial charge < -0.3 is 4.74 Å². The predicted octanol–water partition coefficient (Wildman–Crippen LogP) is 7.87. The standard InChI is InChI=1S/C30H22F6O2/c31-29(32,33)25-20-13-11-18(15-20)23(25)28(22-9-5-2-6-10-22,38-27(37)17-7-3-1-4-8-17)24-19-12-14-21(16-19)26(24)30(34,35)36/h1-14,18-21H,15-16H2. The van der Waals surface area contributed by atoms with E-state index in [4.69, 9.17) is 4.74 Å². The molecule has 196 valence electrons. The minimum Gasteiger partial charge on any atom is -0.441 e. The van der Waals surface area contributed by atoms with Gasteiger partial charge in [0.15, 0.2) is 5.60 Å². The fourth-order valence-electron chi connectivity index (χ4n) is 6.75. The van der Waals surface area contributed by atoms with Gasteiger partial charge in [-0.1, -0.05) is 72.8 Å². The molecule has 0 heterocycles. The zero-order valence-corrected chi connectivity index (χ0v) is 19.9. The number of benzene rings is 2. The zero-order chi connectivity index (χ0) is 26.9. The van der Waals surface area contributed by atoms with Crippen LogP contribution < -0.4 is 0 Å². The predicted molar refractivity (Wildman–Crippen MR) is 128 cm³/mol. The van der Waals surface area contributed by atoms with Gasteiger partial charge in [-0.15, -0.1) is 0 Å². The number of rotatable bonds is 5. The van der Waals surface area contributed by atoms with Crippen LogP contribution in [-0.2, 0) is 10.3 Å². The minimum absolute atomic E-state index is 0.0357. The Kier molecular flexibility index (Phi) is 5.53. The second-order valence-electron chi connectivity index (χ2n) is 10.1. The van der Waals surface area contributed by atoms with Crippen LogP contribution in [-0.4, -0.2) is 18.3 Å². The van der Waals surface area contributed by atoms with Crippen LogP contribution in [0.25, 0.3) is 0 Å². The Balaban J connectivity index is 1.71. The van der Waals surface area contributed by atoms with E-state index in [1.165, 1.54) is 48.6 Å². The highest BCUT2D eigenvalue weighted by Gasteiger charge is 2.63. The third-order valence-corrected chi connectivity index (χ3v) is 8.04. The first-order valence-corrected chi connectivity index (χ1v) is 12.4. The number of hydrogen-bond acceptors (Lipinski definition) is 2. The van der Waals surface area contributed by atoms with E-state index in [9.17, 15) is 31.1 Å². The molecule has 38 heavy (non-hydrogen) atoms. The van der Waals surface area contributed by atoms with Crippen molar-refractivity contribution >= 4 is 5.97 Å². The van der Waals surface area contributed by atoms with Gasteiger partial charge in [0.1, 0.15) is 0 Å². The smallest absolute Gasteiger partial charge is 0.413 e. The van der Waals surface area contributed by atoms with Crippen LogP contribution in [0.4, 0.5) is 26.3 Å². The van der Waals surface area contributed by atoms with E-state index in [2.05, 4.69) is 0 Å². The summed E-state index contributed by atoms with van der Waals surface area (Å²) < 4.78 is 94.3. The van der Waals surface area contributed by atoms with Crippen molar-refractivity contribution in [3.05, 3.63) is 118 Å². The molecule has 0 fully saturated rings. The molecule has 4 atom stereocenters. The number of esters is 1. The number of carbonyl (C=O) groups is 1. The summed E-state index contributed by atoms with van der Waals surface area (Å²) >= 11 is 0. The van der Waals surface area contributed by atoms with Crippen molar-refractivity contribution in [1.29, 1.82) is 0 Å². The summed E-state index contributed by atoms with van der Waals surface area (Å²) in [5.74, 6) is -4.68. The SMILES string of the molecule is O=C(OC(C1=C(C(F)(F)F)C2C=CC1C2)(C1=C(C(F)(F)F)C2C=CC1C2)c1ccccc1)c1ccccc1. The van der Waals surface area contributed by atoms with Crippen molar-refractivity contribution in [2.75, 3.05) is 0 Å². The molecule has 2 nitrogen and oxygen atoms in total. The van der Waals surface area contributed by atoms with Crippen molar-refractivity contribution in [3.63, 3.8) is 0 Å². The lowest BCUT2D eigenvalue weighted by Gasteiger charge is -2.43. The maximum atomic E-state index is 14.7. The summed E-state index contributed by atoms with van der Waals surface area (Å²) in [6.07, 6.45) is -3.42. The Morgan fingerprint density at radius 3 is 1.42 bits per heavy atom. The first kappa shape index (κ1) is 24.8. The van der Waals surface area contributed by atoms with E-state index in [1.54, 1.807) is 36.4 Å². The lowest BCUT2D eigenvalue weighted by molar-refractivity contribution is -0.101. The highest BCUT2D eigenvalue weighted by Crippen LogP contribution is 2.64. The molecular weight excluding hydrogens is 506 g/mol. The highest BCUT2D eigenvalue weighted by molar-refractivity contribution is 5.90. The third kappa shape index (κ3) is 3.68. The first-order chi connectivity index (χ1) is 18.0. The molecule has 6 rings (SSSR count). The molecule has 0 aromatic heterocycles. The molecule has 4 aliphatic rings. The molecular formula is C30H22F6O2. The van der Waals surface area contributed by atoms with E-state index >= 15 is 0 Å². The number of hydrogen-bond donors (Lipinski definition) is 0. The summed E-state index contributed by atoms with van der Waals surface area (Å²) in [6.45, 7) is 0. The minimum atomic E-state index is -4.83. The molecule has 0 amide bonds. The van der Waals surface area contributed by atoms with Crippen molar-refractivity contribution < 1.29 is 35.9 Å². The van der Waals surface area contributed by atoms with Crippen molar-refractivity contribution in [1.82, 2.24) is 0 Å².